The molecular formula is C96H128BrN7O23. The van der Waals surface area contributed by atoms with E-state index in [4.69, 9.17) is 52.5 Å². The number of benzene rings is 5. The summed E-state index contributed by atoms with van der Waals surface area (Å²) in [6, 6.07) is 32.7. The van der Waals surface area contributed by atoms with Crippen molar-refractivity contribution in [3.8, 4) is 5.88 Å². The zero-order valence-electron chi connectivity index (χ0n) is 75.5. The Bertz CT molecular complexity index is 5090. The molecule has 7 N–H and O–H groups in total. The number of amides is 4. The Labute approximate surface area is 752 Å². The highest BCUT2D eigenvalue weighted by molar-refractivity contribution is 9.09. The predicted molar refractivity (Wildman–Crippen MR) is 484 cm³/mol. The summed E-state index contributed by atoms with van der Waals surface area (Å²) in [5.41, 5.74) is 14.3. The molecule has 0 aliphatic carbocycles. The van der Waals surface area contributed by atoms with Gasteiger partial charge < -0.3 is 103 Å². The van der Waals surface area contributed by atoms with E-state index in [1.165, 1.54) is 16.7 Å². The molecule has 0 bridgehead atoms. The van der Waals surface area contributed by atoms with Crippen molar-refractivity contribution < 1.29 is 106 Å². The van der Waals surface area contributed by atoms with Gasteiger partial charge in [0.1, 0.15) is 61.5 Å². The number of para-hydroxylation sites is 5. The molecule has 5 aromatic carbocycles. The first-order valence-electron chi connectivity index (χ1n) is 42.9. The number of halogens is 1. The van der Waals surface area contributed by atoms with Crippen LogP contribution < -0.4 is 35.6 Å². The van der Waals surface area contributed by atoms with Crippen LogP contribution in [0.25, 0.3) is 11.0 Å². The third-order valence-corrected chi connectivity index (χ3v) is 24.0. The van der Waals surface area contributed by atoms with Gasteiger partial charge in [-0.1, -0.05) is 167 Å². The summed E-state index contributed by atoms with van der Waals surface area (Å²) < 4.78 is 59.6. The van der Waals surface area contributed by atoms with Gasteiger partial charge >= 0.3 is 5.56 Å². The van der Waals surface area contributed by atoms with Gasteiger partial charge in [0.2, 0.25) is 23.6 Å². The smallest absolute Gasteiger partial charge is 0.313 e. The van der Waals surface area contributed by atoms with Gasteiger partial charge in [0.25, 0.3) is 29.5 Å². The van der Waals surface area contributed by atoms with Crippen molar-refractivity contribution in [2.45, 2.75) is 278 Å². The summed E-state index contributed by atoms with van der Waals surface area (Å²) in [5.74, 6) is -5.13. The number of aryl methyl sites for hydroxylation is 1. The van der Waals surface area contributed by atoms with Crippen LogP contribution in [0.5, 0.6) is 5.88 Å². The number of nitrogens with one attached hydrogen (secondary N) is 2. The van der Waals surface area contributed by atoms with Gasteiger partial charge in [0.15, 0.2) is 23.1 Å². The maximum atomic E-state index is 13.3. The fourth-order valence-corrected chi connectivity index (χ4v) is 17.4. The highest BCUT2D eigenvalue weighted by atomic mass is 79.9. The number of ketones is 3. The first kappa shape index (κ1) is 100. The van der Waals surface area contributed by atoms with E-state index in [-0.39, 0.29) is 128 Å². The predicted octanol–water partition coefficient (Wildman–Crippen LogP) is 11.0. The van der Waals surface area contributed by atoms with Crippen LogP contribution in [0, 0.1) is 0 Å². The third kappa shape index (κ3) is 23.9. The van der Waals surface area contributed by atoms with Crippen molar-refractivity contribution >= 4 is 96.4 Å². The van der Waals surface area contributed by atoms with Crippen molar-refractivity contribution in [1.29, 1.82) is 0 Å². The van der Waals surface area contributed by atoms with Crippen LogP contribution in [-0.2, 0) is 118 Å². The number of hydrogen-bond donors (Lipinski definition) is 7. The Balaban J connectivity index is 0.000000161. The summed E-state index contributed by atoms with van der Waals surface area (Å²) in [5, 5.41) is 53.8. The molecule has 1 unspecified atom stereocenters. The van der Waals surface area contributed by atoms with Gasteiger partial charge in [-0.05, 0) is 176 Å². The third-order valence-electron chi connectivity index (χ3n) is 23.7. The number of anilines is 5. The first-order chi connectivity index (χ1) is 59.2. The van der Waals surface area contributed by atoms with Crippen LogP contribution in [-0.4, -0.2) is 225 Å². The van der Waals surface area contributed by atoms with E-state index in [1.807, 2.05) is 159 Å². The second-order valence-corrected chi connectivity index (χ2v) is 37.9. The molecule has 692 valence electrons. The molecule has 10 atom stereocenters. The van der Waals surface area contributed by atoms with Gasteiger partial charge in [-0.25, -0.2) is 4.98 Å². The number of ether oxygens (including phenoxy) is 10. The Morgan fingerprint density at radius 2 is 1.06 bits per heavy atom. The minimum Gasteiger partial charge on any atom is -0.471 e. The summed E-state index contributed by atoms with van der Waals surface area (Å²) in [6.45, 7) is 38.3. The lowest BCUT2D eigenvalue weighted by Gasteiger charge is -2.44. The molecule has 0 radical (unpaired) electrons. The van der Waals surface area contributed by atoms with Crippen molar-refractivity contribution in [3.05, 3.63) is 170 Å². The van der Waals surface area contributed by atoms with Crippen LogP contribution >= 0.6 is 15.9 Å². The number of aliphatic hydroxyl groups is 5. The van der Waals surface area contributed by atoms with Gasteiger partial charge in [-0.2, -0.15) is 0 Å². The number of hydrogen-bond acceptors (Lipinski definition) is 25. The minimum absolute atomic E-state index is 0. The quantitative estimate of drug-likeness (QED) is 0.0285. The molecule has 30 nitrogen and oxygen atoms in total. The summed E-state index contributed by atoms with van der Waals surface area (Å²) in [4.78, 5) is 104. The SMILES string of the molecule is C.CC(C)=CCBr.CC(C)=CCN1C(=O)C(=O)Cc2ccccc21.CC1(C)CCN2C(=O)C(=O)Cc3cccc1c32.CC1(C)CCn2c(=O)c(OC[C@H](O)[C@H](O)[C@H](O)CO)nc3cccc1c32.CC1(C)O[C@H]([C@H]2COC(C)(C)O2)[C@H](CO)O1.CC1(C)O[C@H]([C@H]2COC(C)(C)O2)[C@H](COC2Nc3cccc4c3N(CCC4(C)C)C2=O)O1.O=C1Cc2ccccc2NC1=O. The number of nitrogens with zero attached hydrogens (tertiary/aromatic N) is 5. The number of aromatic nitrogens is 2. The summed E-state index contributed by atoms with van der Waals surface area (Å²) in [6.07, 6.45) is 0.265. The highest BCUT2D eigenvalue weighted by Gasteiger charge is 2.53. The van der Waals surface area contributed by atoms with Crippen LogP contribution in [0.15, 0.2) is 131 Å². The molecule has 11 aliphatic rings. The maximum absolute atomic E-state index is 13.3. The standard InChI is InChI=1S/C24H34N2O6.C18H24N2O6.2C14H15NO2.C11H20O5.C9H7NO2.C5H9Br.CH4/c1-22(2)10-11-26-18-14(22)8-7-9-15(18)25-20(21(26)27)28-12-16-19(32-24(5,6)31-16)17-13-29-23(3,4)30-17;1-18(2)6-7-20-14-10(18)4-3-5-11(14)19-16(17(20)25)26-9-13(23)15(24)12(22)8-21;1-14(2)6-7-15-12-9(4-3-5-10(12)14)8-11(16)13(15)17;1-10(2)7-8-15-12-6-4-3-5-11(12)9-13(16)14(15)17;1-10(2)13-6-8(15-10)9-7(5-12)14-11(3,4)16-9;11-8-5-6-3-1-2-4-7(6)10-9(8)12;1-5(2)3-4-6;/h7-9,16-17,19-20,25H,10-13H2,1-6H3;3-5,12-13,15,21-24H,6-9H2,1-2H3;3-5H,6-8H2,1-2H3;3-7H,8-9H2,1-2H3;7-9,12H,5-6H2,1-4H3;1-4H,5H2,(H,10,12);3H,4H2,1-2H3;1H4/t16-,17+,19-,20?;12-,13+,15-;;;7-,8+,9-;;;/m01..0.../s1. The van der Waals surface area contributed by atoms with Crippen molar-refractivity contribution in [2.24, 2.45) is 0 Å². The Hall–Kier alpha value is -8.87. The maximum Gasteiger partial charge on any atom is 0.313 e. The average Bonchev–Trinajstić information content (AvgIpc) is 1.01. The molecule has 1 aromatic heterocycles. The lowest BCUT2D eigenvalue weighted by atomic mass is 9.75. The Kier molecular flexibility index (Phi) is 32.4. The molecule has 127 heavy (non-hydrogen) atoms. The zero-order chi connectivity index (χ0) is 92.1. The monoisotopic (exact) mass is 1830 g/mol. The molecule has 12 heterocycles. The van der Waals surface area contributed by atoms with E-state index in [1.54, 1.807) is 26.5 Å². The van der Waals surface area contributed by atoms with Crippen LogP contribution in [0.1, 0.15) is 185 Å². The number of alkyl halides is 1. The largest absolute Gasteiger partial charge is 0.471 e. The van der Waals surface area contributed by atoms with E-state index in [2.05, 4.69) is 105 Å². The van der Waals surface area contributed by atoms with Gasteiger partial charge in [-0.15, -0.1) is 0 Å². The molecule has 0 saturated carbocycles. The topological polar surface area (TPSA) is 382 Å². The van der Waals surface area contributed by atoms with E-state index in [9.17, 15) is 58.8 Å². The average molecular weight is 1830 g/mol. The van der Waals surface area contributed by atoms with E-state index < -0.39 is 78.3 Å². The zero-order valence-corrected chi connectivity index (χ0v) is 77.0. The van der Waals surface area contributed by atoms with Gasteiger partial charge in [0, 0.05) is 62.1 Å². The first-order valence-corrected chi connectivity index (χ1v) is 44.1. The number of carbonyl (C=O) groups is 7. The summed E-state index contributed by atoms with van der Waals surface area (Å²) >= 11 is 3.27. The Morgan fingerprint density at radius 3 is 1.65 bits per heavy atom. The highest BCUT2D eigenvalue weighted by Crippen LogP contribution is 2.48. The Morgan fingerprint density at radius 1 is 0.551 bits per heavy atom. The van der Waals surface area contributed by atoms with Crippen molar-refractivity contribution in [3.63, 3.8) is 0 Å². The second-order valence-electron chi connectivity index (χ2n) is 37.3. The van der Waals surface area contributed by atoms with Crippen molar-refractivity contribution in [1.82, 2.24) is 9.55 Å². The molecule has 0 spiro atoms. The molecular weight excluding hydrogens is 1700 g/mol. The molecule has 4 fully saturated rings. The van der Waals surface area contributed by atoms with E-state index >= 15 is 0 Å². The number of carbonyl (C=O) groups excluding carboxylic acids is 7. The molecule has 4 saturated heterocycles. The van der Waals surface area contributed by atoms with E-state index in [0.717, 1.165) is 86.4 Å². The number of Topliss-reactive ketones (excluding diaryl/α,β-unsaturated/α-hetero) is 3. The van der Waals surface area contributed by atoms with Gasteiger partial charge in [-0.3, -0.25) is 38.4 Å². The second kappa shape index (κ2) is 41.1. The number of aliphatic hydroxyl groups excluding tert-OH is 5. The minimum atomic E-state index is -1.59. The number of rotatable bonds is 15. The fourth-order valence-electron chi connectivity index (χ4n) is 16.8. The summed E-state index contributed by atoms with van der Waals surface area (Å²) in [7, 11) is 0. The molecule has 4 amide bonds. The number of allylic oxidation sites excluding steroid dienone is 3. The lowest BCUT2D eigenvalue weighted by molar-refractivity contribution is -0.175. The van der Waals surface area contributed by atoms with Crippen LogP contribution in [0.2, 0.25) is 0 Å². The molecule has 31 heteroatoms. The van der Waals surface area contributed by atoms with Crippen LogP contribution in [0.3, 0.4) is 0 Å². The van der Waals surface area contributed by atoms with Crippen molar-refractivity contribution in [2.75, 3.05) is 89.9 Å². The normalized spacial score (nSPS) is 24.4. The van der Waals surface area contributed by atoms with E-state index in [0.29, 0.717) is 44.9 Å². The van der Waals surface area contributed by atoms with Crippen LogP contribution in [0.4, 0.5) is 28.4 Å². The fraction of sp³-hybridized carbons (Fsp3) is 0.552. The number of fused-ring (bicyclic) bond motifs is 2. The molecule has 11 aliphatic heterocycles. The molecule has 17 rings (SSSR count). The van der Waals surface area contributed by atoms with Gasteiger partial charge in [0.05, 0.1) is 61.1 Å². The lowest BCUT2D eigenvalue weighted by Crippen LogP contribution is -2.53. The molecule has 6 aromatic rings.